The predicted molar refractivity (Wildman–Crippen MR) is 110 cm³/mol. The van der Waals surface area contributed by atoms with Crippen LogP contribution in [0.4, 0.5) is 0 Å². The van der Waals surface area contributed by atoms with E-state index in [1.807, 2.05) is 9.80 Å². The van der Waals surface area contributed by atoms with Gasteiger partial charge in [0.25, 0.3) is 5.91 Å². The minimum atomic E-state index is -1.82. The molecule has 1 aromatic rings. The molecule has 0 aromatic heterocycles. The van der Waals surface area contributed by atoms with E-state index >= 15 is 0 Å². The van der Waals surface area contributed by atoms with Gasteiger partial charge < -0.3 is 20.0 Å². The van der Waals surface area contributed by atoms with E-state index in [9.17, 15) is 9.59 Å². The summed E-state index contributed by atoms with van der Waals surface area (Å²) in [7, 11) is 0. The summed E-state index contributed by atoms with van der Waals surface area (Å²) in [6, 6.07) is 7.04. The molecule has 2 amide bonds. The van der Waals surface area contributed by atoms with Gasteiger partial charge in [-0.05, 0) is 30.5 Å². The Labute approximate surface area is 180 Å². The summed E-state index contributed by atoms with van der Waals surface area (Å²) in [6.07, 6.45) is 6.91. The molecular weight excluding hydrogens is 412 g/mol. The first-order valence-corrected chi connectivity index (χ1v) is 10.4. The number of carboxylic acid groups (broad SMARTS) is 2. The van der Waals surface area contributed by atoms with Crippen molar-refractivity contribution < 1.29 is 29.4 Å². The van der Waals surface area contributed by atoms with E-state index in [1.54, 1.807) is 24.3 Å². The second-order valence-corrected chi connectivity index (χ2v) is 7.92. The first-order chi connectivity index (χ1) is 14.3. The summed E-state index contributed by atoms with van der Waals surface area (Å²) in [4.78, 5) is 46.8. The van der Waals surface area contributed by atoms with Crippen molar-refractivity contribution in [3.05, 3.63) is 34.9 Å². The van der Waals surface area contributed by atoms with Gasteiger partial charge in [0.1, 0.15) is 0 Å². The van der Waals surface area contributed by atoms with Crippen molar-refractivity contribution in [3.8, 4) is 0 Å². The molecule has 2 fully saturated rings. The maximum atomic E-state index is 12.5. The van der Waals surface area contributed by atoms with Crippen molar-refractivity contribution in [1.29, 1.82) is 0 Å². The second-order valence-electron chi connectivity index (χ2n) is 7.48. The Morgan fingerprint density at radius 2 is 1.50 bits per heavy atom. The summed E-state index contributed by atoms with van der Waals surface area (Å²) in [5, 5.41) is 15.4. The van der Waals surface area contributed by atoms with Gasteiger partial charge in [-0.15, -0.1) is 0 Å². The van der Waals surface area contributed by atoms with E-state index in [-0.39, 0.29) is 11.8 Å². The highest BCUT2D eigenvalue weighted by Crippen LogP contribution is 2.28. The monoisotopic (exact) mass is 438 g/mol. The maximum absolute atomic E-state index is 12.5. The number of carbonyl (C=O) groups is 4. The van der Waals surface area contributed by atoms with Gasteiger partial charge in [0.15, 0.2) is 0 Å². The summed E-state index contributed by atoms with van der Waals surface area (Å²) >= 11 is 5.96. The number of nitrogens with zero attached hydrogens (tertiary/aromatic N) is 2. The van der Waals surface area contributed by atoms with Crippen LogP contribution in [0.3, 0.4) is 0 Å². The van der Waals surface area contributed by atoms with Crippen molar-refractivity contribution in [3.63, 3.8) is 0 Å². The molecule has 1 saturated carbocycles. The van der Waals surface area contributed by atoms with Crippen LogP contribution >= 0.6 is 11.6 Å². The molecule has 30 heavy (non-hydrogen) atoms. The number of aliphatic carboxylic acids is 2. The molecule has 8 nitrogen and oxygen atoms in total. The van der Waals surface area contributed by atoms with E-state index in [0.29, 0.717) is 43.2 Å². The Balaban J connectivity index is 0.000000469. The minimum Gasteiger partial charge on any atom is -0.473 e. The lowest BCUT2D eigenvalue weighted by Gasteiger charge is -2.35. The topological polar surface area (TPSA) is 115 Å². The normalized spacial score (nSPS) is 16.6. The lowest BCUT2D eigenvalue weighted by atomic mass is 10.0. The smallest absolute Gasteiger partial charge is 0.414 e. The molecule has 0 bridgehead atoms. The Hall–Kier alpha value is -2.61. The number of halogens is 1. The number of hydrogen-bond donors (Lipinski definition) is 2. The third-order valence-corrected chi connectivity index (χ3v) is 5.65. The molecule has 1 aliphatic carbocycles. The van der Waals surface area contributed by atoms with E-state index in [2.05, 4.69) is 0 Å². The van der Waals surface area contributed by atoms with E-state index in [0.717, 1.165) is 12.3 Å². The fourth-order valence-corrected chi connectivity index (χ4v) is 3.94. The highest BCUT2D eigenvalue weighted by Gasteiger charge is 2.25. The van der Waals surface area contributed by atoms with Crippen LogP contribution in [0.1, 0.15) is 48.9 Å². The third kappa shape index (κ3) is 7.33. The number of piperazine rings is 1. The quantitative estimate of drug-likeness (QED) is 0.698. The molecule has 1 heterocycles. The van der Waals surface area contributed by atoms with Gasteiger partial charge in [-0.1, -0.05) is 43.4 Å². The number of carbonyl (C=O) groups excluding carboxylic acids is 2. The SMILES string of the molecule is O=C(CCC1CCCC1)N1CCN(C(=O)c2cccc(Cl)c2)CC1.O=C(O)C(=O)O. The molecule has 0 atom stereocenters. The zero-order chi connectivity index (χ0) is 22.1. The highest BCUT2D eigenvalue weighted by atomic mass is 35.5. The van der Waals surface area contributed by atoms with Gasteiger partial charge in [0.2, 0.25) is 5.91 Å². The molecular formula is C21H27ClN2O6. The predicted octanol–water partition coefficient (Wildman–Crippen LogP) is 2.75. The lowest BCUT2D eigenvalue weighted by Crippen LogP contribution is -2.50. The summed E-state index contributed by atoms with van der Waals surface area (Å²) in [5.74, 6) is -2.66. The van der Waals surface area contributed by atoms with Crippen molar-refractivity contribution >= 4 is 35.4 Å². The zero-order valence-corrected chi connectivity index (χ0v) is 17.5. The average Bonchev–Trinajstić information content (AvgIpc) is 3.25. The lowest BCUT2D eigenvalue weighted by molar-refractivity contribution is -0.159. The minimum absolute atomic E-state index is 0.00412. The van der Waals surface area contributed by atoms with Crippen LogP contribution in [0.5, 0.6) is 0 Å². The summed E-state index contributed by atoms with van der Waals surface area (Å²) in [6.45, 7) is 2.46. The van der Waals surface area contributed by atoms with Crippen molar-refractivity contribution in [2.45, 2.75) is 38.5 Å². The number of carboxylic acids is 2. The molecule has 164 valence electrons. The molecule has 0 unspecified atom stereocenters. The third-order valence-electron chi connectivity index (χ3n) is 5.42. The fraction of sp³-hybridized carbons (Fsp3) is 0.524. The fourth-order valence-electron chi connectivity index (χ4n) is 3.75. The van der Waals surface area contributed by atoms with Gasteiger partial charge in [-0.3, -0.25) is 9.59 Å². The van der Waals surface area contributed by atoms with E-state index in [1.165, 1.54) is 25.7 Å². The van der Waals surface area contributed by atoms with Crippen LogP contribution < -0.4 is 0 Å². The van der Waals surface area contributed by atoms with Crippen LogP contribution in [0.25, 0.3) is 0 Å². The van der Waals surface area contributed by atoms with Crippen molar-refractivity contribution in [2.24, 2.45) is 5.92 Å². The summed E-state index contributed by atoms with van der Waals surface area (Å²) < 4.78 is 0. The number of benzene rings is 1. The largest absolute Gasteiger partial charge is 0.473 e. The van der Waals surface area contributed by atoms with Crippen LogP contribution in [0, 0.1) is 5.92 Å². The Kier molecular flexibility index (Phi) is 9.11. The van der Waals surface area contributed by atoms with Gasteiger partial charge in [-0.2, -0.15) is 0 Å². The van der Waals surface area contributed by atoms with Crippen LogP contribution in [-0.4, -0.2) is 69.9 Å². The molecule has 1 aliphatic heterocycles. The molecule has 0 radical (unpaired) electrons. The Morgan fingerprint density at radius 3 is 2.03 bits per heavy atom. The van der Waals surface area contributed by atoms with Gasteiger partial charge in [0.05, 0.1) is 0 Å². The number of hydrogen-bond acceptors (Lipinski definition) is 4. The molecule has 2 aliphatic rings. The molecule has 1 saturated heterocycles. The highest BCUT2D eigenvalue weighted by molar-refractivity contribution is 6.31. The number of rotatable bonds is 4. The van der Waals surface area contributed by atoms with Crippen LogP contribution in [0.15, 0.2) is 24.3 Å². The van der Waals surface area contributed by atoms with Crippen molar-refractivity contribution in [1.82, 2.24) is 9.80 Å². The molecule has 9 heteroatoms. The Morgan fingerprint density at radius 1 is 0.933 bits per heavy atom. The molecule has 1 aromatic carbocycles. The van der Waals surface area contributed by atoms with Gasteiger partial charge >= 0.3 is 11.9 Å². The molecule has 3 rings (SSSR count). The van der Waals surface area contributed by atoms with Gasteiger partial charge in [0, 0.05) is 43.2 Å². The van der Waals surface area contributed by atoms with Crippen LogP contribution in [0.2, 0.25) is 5.02 Å². The average molecular weight is 439 g/mol. The van der Waals surface area contributed by atoms with E-state index < -0.39 is 11.9 Å². The Bertz CT molecular complexity index is 759. The zero-order valence-electron chi connectivity index (χ0n) is 16.8. The van der Waals surface area contributed by atoms with Crippen molar-refractivity contribution in [2.75, 3.05) is 26.2 Å². The standard InChI is InChI=1S/C19H25ClN2O2.C2H2O4/c20-17-7-3-6-16(14-17)19(24)22-12-10-21(11-13-22)18(23)9-8-15-4-1-2-5-15;3-1(4)2(5)6/h3,6-7,14-15H,1-2,4-5,8-13H2;(H,3,4)(H,5,6). The first kappa shape index (κ1) is 23.7. The van der Waals surface area contributed by atoms with Crippen LogP contribution in [-0.2, 0) is 14.4 Å². The number of amides is 2. The van der Waals surface area contributed by atoms with Gasteiger partial charge in [-0.25, -0.2) is 9.59 Å². The second kappa shape index (κ2) is 11.5. The maximum Gasteiger partial charge on any atom is 0.414 e. The molecule has 0 spiro atoms. The van der Waals surface area contributed by atoms with E-state index in [4.69, 9.17) is 31.4 Å². The first-order valence-electron chi connectivity index (χ1n) is 10.1. The summed E-state index contributed by atoms with van der Waals surface area (Å²) in [5.41, 5.74) is 0.614. The molecule has 2 N–H and O–H groups in total.